The number of aromatic nitrogens is 2. The smallest absolute Gasteiger partial charge is 0.145 e. The number of fused-ring (bicyclic) bond motifs is 1. The van der Waals surface area contributed by atoms with E-state index in [1.807, 2.05) is 0 Å². The van der Waals surface area contributed by atoms with E-state index in [9.17, 15) is 0 Å². The summed E-state index contributed by atoms with van der Waals surface area (Å²) in [7, 11) is 0. The quantitative estimate of drug-likeness (QED) is 0.323. The Morgan fingerprint density at radius 3 is 1.88 bits per heavy atom. The second-order valence-electron chi connectivity index (χ2n) is 11.5. The second-order valence-corrected chi connectivity index (χ2v) is 11.5. The minimum Gasteiger partial charge on any atom is -0.292 e. The first-order valence-electron chi connectivity index (χ1n) is 11.7. The zero-order chi connectivity index (χ0) is 23.1. The number of para-hydroxylation sites is 1. The summed E-state index contributed by atoms with van der Waals surface area (Å²) in [5.74, 6) is 1.02. The van der Waals surface area contributed by atoms with Crippen molar-refractivity contribution in [2.75, 3.05) is 0 Å². The number of aryl methyl sites for hydroxylation is 1. The van der Waals surface area contributed by atoms with E-state index in [2.05, 4.69) is 120 Å². The SMILES string of the molecule is Cc1ccc2c(c1)nc(-c1ccccc1)n2-c1c(CC(C)(C)C)cccc1CC(C)(C)C. The monoisotopic (exact) mass is 424 g/mol. The molecule has 166 valence electrons. The minimum absolute atomic E-state index is 0.189. The average Bonchev–Trinajstić information content (AvgIpc) is 3.04. The molecule has 3 aromatic carbocycles. The third-order valence-corrected chi connectivity index (χ3v) is 5.71. The van der Waals surface area contributed by atoms with Crippen molar-refractivity contribution in [1.29, 1.82) is 0 Å². The molecule has 4 rings (SSSR count). The molecular formula is C30H36N2. The fourth-order valence-corrected chi connectivity index (χ4v) is 4.56. The lowest BCUT2D eigenvalue weighted by Crippen LogP contribution is -2.17. The van der Waals surface area contributed by atoms with Gasteiger partial charge < -0.3 is 0 Å². The molecule has 0 atom stereocenters. The van der Waals surface area contributed by atoms with Gasteiger partial charge in [-0.2, -0.15) is 0 Å². The van der Waals surface area contributed by atoms with Gasteiger partial charge in [0.1, 0.15) is 5.82 Å². The fourth-order valence-electron chi connectivity index (χ4n) is 4.56. The molecule has 0 aliphatic rings. The van der Waals surface area contributed by atoms with Crippen molar-refractivity contribution in [3.05, 3.63) is 83.4 Å². The molecular weight excluding hydrogens is 388 g/mol. The van der Waals surface area contributed by atoms with Crippen LogP contribution in [0.5, 0.6) is 0 Å². The standard InChI is InChI=1S/C30H36N2/c1-21-16-17-26-25(18-21)31-28(22-12-9-8-10-13-22)32(26)27-23(19-29(2,3)4)14-11-15-24(27)20-30(5,6)7/h8-18H,19-20H2,1-7H3. The third-order valence-electron chi connectivity index (χ3n) is 5.71. The van der Waals surface area contributed by atoms with Gasteiger partial charge in [-0.1, -0.05) is 96.1 Å². The van der Waals surface area contributed by atoms with E-state index in [-0.39, 0.29) is 10.8 Å². The van der Waals surface area contributed by atoms with Gasteiger partial charge in [0.15, 0.2) is 0 Å². The molecule has 2 nitrogen and oxygen atoms in total. The van der Waals surface area contributed by atoms with E-state index in [0.29, 0.717) is 0 Å². The van der Waals surface area contributed by atoms with E-state index >= 15 is 0 Å². The van der Waals surface area contributed by atoms with Crippen molar-refractivity contribution in [1.82, 2.24) is 9.55 Å². The molecule has 0 aliphatic heterocycles. The summed E-state index contributed by atoms with van der Waals surface area (Å²) in [6, 6.07) is 24.1. The molecule has 0 amide bonds. The van der Waals surface area contributed by atoms with Crippen LogP contribution in [0.1, 0.15) is 58.2 Å². The van der Waals surface area contributed by atoms with Gasteiger partial charge >= 0.3 is 0 Å². The number of nitrogens with zero attached hydrogens (tertiary/aromatic N) is 2. The zero-order valence-corrected chi connectivity index (χ0v) is 20.7. The van der Waals surface area contributed by atoms with Gasteiger partial charge in [-0.25, -0.2) is 4.98 Å². The molecule has 4 aromatic rings. The van der Waals surface area contributed by atoms with Gasteiger partial charge in [-0.05, 0) is 59.4 Å². The molecule has 0 saturated heterocycles. The second kappa shape index (κ2) is 8.24. The number of benzene rings is 3. The van der Waals surface area contributed by atoms with E-state index in [1.165, 1.54) is 27.9 Å². The van der Waals surface area contributed by atoms with Crippen LogP contribution in [-0.4, -0.2) is 9.55 Å². The summed E-state index contributed by atoms with van der Waals surface area (Å²) >= 11 is 0. The number of rotatable bonds is 4. The Balaban J connectivity index is 2.09. The fraction of sp³-hybridized carbons (Fsp3) is 0.367. The Kier molecular flexibility index (Phi) is 5.75. The summed E-state index contributed by atoms with van der Waals surface area (Å²) in [6.45, 7) is 16.1. The van der Waals surface area contributed by atoms with Gasteiger partial charge in [0.05, 0.1) is 16.7 Å². The van der Waals surface area contributed by atoms with Crippen molar-refractivity contribution in [2.24, 2.45) is 10.8 Å². The van der Waals surface area contributed by atoms with Crippen LogP contribution in [0.2, 0.25) is 0 Å². The topological polar surface area (TPSA) is 17.8 Å². The highest BCUT2D eigenvalue weighted by atomic mass is 15.1. The maximum atomic E-state index is 5.16. The molecule has 0 unspecified atom stereocenters. The Bertz CT molecular complexity index is 1200. The van der Waals surface area contributed by atoms with Crippen LogP contribution in [0.3, 0.4) is 0 Å². The Morgan fingerprint density at radius 2 is 1.31 bits per heavy atom. The lowest BCUT2D eigenvalue weighted by molar-refractivity contribution is 0.405. The lowest BCUT2D eigenvalue weighted by Gasteiger charge is -2.26. The molecule has 0 aliphatic carbocycles. The molecule has 2 heteroatoms. The summed E-state index contributed by atoms with van der Waals surface area (Å²) < 4.78 is 2.42. The van der Waals surface area contributed by atoms with Crippen molar-refractivity contribution in [3.8, 4) is 17.1 Å². The van der Waals surface area contributed by atoms with E-state index in [0.717, 1.165) is 29.7 Å². The van der Waals surface area contributed by atoms with Crippen molar-refractivity contribution >= 4 is 11.0 Å². The highest BCUT2D eigenvalue weighted by Gasteiger charge is 2.24. The molecule has 0 fully saturated rings. The first-order chi connectivity index (χ1) is 15.0. The van der Waals surface area contributed by atoms with Crippen LogP contribution >= 0.6 is 0 Å². The Morgan fingerprint density at radius 1 is 0.719 bits per heavy atom. The van der Waals surface area contributed by atoms with E-state index < -0.39 is 0 Å². The predicted molar refractivity (Wildman–Crippen MR) is 138 cm³/mol. The van der Waals surface area contributed by atoms with Crippen molar-refractivity contribution in [3.63, 3.8) is 0 Å². The van der Waals surface area contributed by atoms with Gasteiger partial charge in [0.25, 0.3) is 0 Å². The molecule has 0 spiro atoms. The molecule has 0 radical (unpaired) electrons. The maximum Gasteiger partial charge on any atom is 0.145 e. The molecule has 1 aromatic heterocycles. The van der Waals surface area contributed by atoms with Crippen LogP contribution in [0.4, 0.5) is 0 Å². The largest absolute Gasteiger partial charge is 0.292 e. The third kappa shape index (κ3) is 4.80. The molecule has 0 N–H and O–H groups in total. The molecule has 1 heterocycles. The van der Waals surface area contributed by atoms with Gasteiger partial charge in [0.2, 0.25) is 0 Å². The molecule has 0 bridgehead atoms. The molecule has 0 saturated carbocycles. The molecule has 32 heavy (non-hydrogen) atoms. The van der Waals surface area contributed by atoms with Crippen molar-refractivity contribution < 1.29 is 0 Å². The van der Waals surface area contributed by atoms with E-state index in [1.54, 1.807) is 0 Å². The van der Waals surface area contributed by atoms with Crippen LogP contribution < -0.4 is 0 Å². The zero-order valence-electron chi connectivity index (χ0n) is 20.7. The summed E-state index contributed by atoms with van der Waals surface area (Å²) in [5, 5.41) is 0. The lowest BCUT2D eigenvalue weighted by atomic mass is 9.83. The average molecular weight is 425 g/mol. The van der Waals surface area contributed by atoms with Crippen LogP contribution in [0.25, 0.3) is 28.1 Å². The normalized spacial score (nSPS) is 12.5. The van der Waals surface area contributed by atoms with Gasteiger partial charge in [-0.15, -0.1) is 0 Å². The van der Waals surface area contributed by atoms with Gasteiger partial charge in [0, 0.05) is 5.56 Å². The summed E-state index contributed by atoms with van der Waals surface area (Å²) in [4.78, 5) is 5.16. The van der Waals surface area contributed by atoms with Crippen LogP contribution in [-0.2, 0) is 12.8 Å². The van der Waals surface area contributed by atoms with E-state index in [4.69, 9.17) is 4.98 Å². The number of hydrogen-bond donors (Lipinski definition) is 0. The number of hydrogen-bond acceptors (Lipinski definition) is 1. The van der Waals surface area contributed by atoms with Crippen LogP contribution in [0, 0.1) is 17.8 Å². The first-order valence-corrected chi connectivity index (χ1v) is 11.7. The summed E-state index contributed by atoms with van der Waals surface area (Å²) in [5.41, 5.74) is 9.06. The number of imidazole rings is 1. The minimum atomic E-state index is 0.189. The highest BCUT2D eigenvalue weighted by Crippen LogP contribution is 2.36. The summed E-state index contributed by atoms with van der Waals surface area (Å²) in [6.07, 6.45) is 2.03. The Labute approximate surface area is 193 Å². The van der Waals surface area contributed by atoms with Crippen LogP contribution in [0.15, 0.2) is 66.7 Å². The highest BCUT2D eigenvalue weighted by molar-refractivity contribution is 5.84. The Hall–Kier alpha value is -2.87. The predicted octanol–water partition coefficient (Wildman–Crippen LogP) is 8.18. The maximum absolute atomic E-state index is 5.16. The van der Waals surface area contributed by atoms with Gasteiger partial charge in [-0.3, -0.25) is 4.57 Å². The first kappa shape index (κ1) is 22.3. The van der Waals surface area contributed by atoms with Crippen molar-refractivity contribution in [2.45, 2.75) is 61.3 Å².